The number of hydrogen-bond donors (Lipinski definition) is 1. The lowest BCUT2D eigenvalue weighted by molar-refractivity contribution is -0.138. The van der Waals surface area contributed by atoms with Crippen molar-refractivity contribution < 1.29 is 32.6 Å². The third kappa shape index (κ3) is 10.9. The van der Waals surface area contributed by atoms with Crippen molar-refractivity contribution in [3.05, 3.63) is 35.4 Å². The zero-order valence-corrected chi connectivity index (χ0v) is 20.4. The van der Waals surface area contributed by atoms with E-state index in [-0.39, 0.29) is 18.7 Å². The van der Waals surface area contributed by atoms with Crippen LogP contribution in [0.2, 0.25) is 0 Å². The number of carboxylic acid groups (broad SMARTS) is 1. The molecule has 0 saturated carbocycles. The first-order chi connectivity index (χ1) is 15.1. The van der Waals surface area contributed by atoms with Gasteiger partial charge < -0.3 is 14.7 Å². The fourth-order valence-corrected chi connectivity index (χ4v) is 3.71. The molecule has 0 bridgehead atoms. The van der Waals surface area contributed by atoms with Gasteiger partial charge in [-0.2, -0.15) is 13.2 Å². The lowest BCUT2D eigenvalue weighted by Crippen LogP contribution is -2.48. The molecule has 0 unspecified atom stereocenters. The van der Waals surface area contributed by atoms with Gasteiger partial charge in [0.25, 0.3) is 5.97 Å². The topological polar surface area (TPSA) is 70.1 Å². The van der Waals surface area contributed by atoms with Gasteiger partial charge in [0.15, 0.2) is 0 Å². The number of benzene rings is 1. The maximum absolute atomic E-state index is 13.4. The molecule has 9 heteroatoms. The summed E-state index contributed by atoms with van der Waals surface area (Å²) in [5, 5.41) is 7.42. The molecule has 0 spiro atoms. The summed E-state index contributed by atoms with van der Waals surface area (Å²) in [5.74, 6) is -0.503. The third-order valence-corrected chi connectivity index (χ3v) is 4.93. The zero-order chi connectivity index (χ0) is 25.4. The van der Waals surface area contributed by atoms with E-state index in [0.29, 0.717) is 31.1 Å². The van der Waals surface area contributed by atoms with Gasteiger partial charge in [-0.1, -0.05) is 32.0 Å². The van der Waals surface area contributed by atoms with Gasteiger partial charge in [0, 0.05) is 39.1 Å². The summed E-state index contributed by atoms with van der Waals surface area (Å²) < 4.78 is 45.6. The van der Waals surface area contributed by atoms with Crippen LogP contribution in [0, 0.1) is 5.92 Å². The zero-order valence-electron chi connectivity index (χ0n) is 20.4. The largest absolute Gasteiger partial charge is 0.481 e. The summed E-state index contributed by atoms with van der Waals surface area (Å²) in [6, 6.07) is 5.93. The van der Waals surface area contributed by atoms with E-state index < -0.39 is 23.3 Å². The van der Waals surface area contributed by atoms with E-state index in [1.165, 1.54) is 6.07 Å². The Morgan fingerprint density at radius 2 is 1.67 bits per heavy atom. The Labute approximate surface area is 194 Å². The van der Waals surface area contributed by atoms with E-state index in [1.54, 1.807) is 17.0 Å². The molecule has 1 saturated heterocycles. The molecule has 0 aliphatic carbocycles. The molecule has 1 aliphatic rings. The highest BCUT2D eigenvalue weighted by Crippen LogP contribution is 2.33. The first-order valence-corrected chi connectivity index (χ1v) is 11.2. The number of nitrogens with zero attached hydrogens (tertiary/aromatic N) is 2. The number of amides is 1. The minimum Gasteiger partial charge on any atom is -0.481 e. The monoisotopic (exact) mass is 474 g/mol. The van der Waals surface area contributed by atoms with E-state index in [1.807, 2.05) is 20.8 Å². The first kappa shape index (κ1) is 28.7. The fraction of sp³-hybridized carbons (Fsp3) is 0.667. The Kier molecular flexibility index (Phi) is 10.7. The second kappa shape index (κ2) is 12.3. The Hall–Kier alpha value is -2.29. The SMILES string of the molecule is CC(=O)O.CC(C)CN(Cc1ccccc1C(F)(F)F)C1CCN(C(=O)OC(C)(C)C)CC1. The molecule has 1 heterocycles. The van der Waals surface area contributed by atoms with E-state index in [9.17, 15) is 18.0 Å². The number of alkyl halides is 3. The summed E-state index contributed by atoms with van der Waals surface area (Å²) in [6.45, 7) is 12.8. The van der Waals surface area contributed by atoms with Crippen molar-refractivity contribution in [2.75, 3.05) is 19.6 Å². The van der Waals surface area contributed by atoms with Crippen LogP contribution in [0.15, 0.2) is 24.3 Å². The lowest BCUT2D eigenvalue weighted by Gasteiger charge is -2.40. The number of rotatable bonds is 5. The van der Waals surface area contributed by atoms with Crippen LogP contribution in [0.1, 0.15) is 65.5 Å². The molecular formula is C24H37F3N2O4. The van der Waals surface area contributed by atoms with Crippen LogP contribution in [0.3, 0.4) is 0 Å². The highest BCUT2D eigenvalue weighted by Gasteiger charge is 2.35. The molecule has 1 aliphatic heterocycles. The predicted octanol–water partition coefficient (Wildman–Crippen LogP) is 5.65. The number of halogens is 3. The molecule has 0 atom stereocenters. The molecule has 1 amide bonds. The van der Waals surface area contributed by atoms with Crippen LogP contribution >= 0.6 is 0 Å². The van der Waals surface area contributed by atoms with Crippen molar-refractivity contribution in [3.8, 4) is 0 Å². The maximum atomic E-state index is 13.4. The second-order valence-corrected chi connectivity index (χ2v) is 9.70. The van der Waals surface area contributed by atoms with Gasteiger partial charge in [0.1, 0.15) is 5.60 Å². The Morgan fingerprint density at radius 1 is 1.15 bits per heavy atom. The molecule has 0 aromatic heterocycles. The molecule has 1 fully saturated rings. The first-order valence-electron chi connectivity index (χ1n) is 11.2. The summed E-state index contributed by atoms with van der Waals surface area (Å²) in [6.07, 6.45) is -3.24. The average molecular weight is 475 g/mol. The van der Waals surface area contributed by atoms with Crippen molar-refractivity contribution in [2.45, 2.75) is 78.7 Å². The van der Waals surface area contributed by atoms with Crippen molar-refractivity contribution in [2.24, 2.45) is 5.92 Å². The standard InChI is InChI=1S/C22H33F3N2O2.C2H4O2/c1-16(2)14-27(15-17-8-6-7-9-19(17)22(23,24)25)18-10-12-26(13-11-18)20(28)29-21(3,4)5;1-2(3)4/h6-9,16,18H,10-15H2,1-5H3;1H3,(H,3,4). The number of aliphatic carboxylic acids is 1. The number of hydrogen-bond acceptors (Lipinski definition) is 4. The number of ether oxygens (including phenoxy) is 1. The van der Waals surface area contributed by atoms with Crippen molar-refractivity contribution in [1.29, 1.82) is 0 Å². The summed E-state index contributed by atoms with van der Waals surface area (Å²) in [4.78, 5) is 25.1. The van der Waals surface area contributed by atoms with Crippen LogP contribution in [-0.2, 0) is 22.3 Å². The summed E-state index contributed by atoms with van der Waals surface area (Å²) >= 11 is 0. The van der Waals surface area contributed by atoms with Crippen LogP contribution in [-0.4, -0.2) is 58.2 Å². The second-order valence-electron chi connectivity index (χ2n) is 9.70. The minimum atomic E-state index is -4.36. The number of carbonyl (C=O) groups is 2. The Morgan fingerprint density at radius 3 is 2.12 bits per heavy atom. The van der Waals surface area contributed by atoms with Gasteiger partial charge in [-0.25, -0.2) is 4.79 Å². The smallest absolute Gasteiger partial charge is 0.416 e. The molecule has 1 aromatic rings. The van der Waals surface area contributed by atoms with Crippen molar-refractivity contribution >= 4 is 12.1 Å². The van der Waals surface area contributed by atoms with E-state index in [0.717, 1.165) is 25.8 Å². The van der Waals surface area contributed by atoms with Gasteiger partial charge in [0.05, 0.1) is 5.56 Å². The summed E-state index contributed by atoms with van der Waals surface area (Å²) in [5.41, 5.74) is -0.811. The predicted molar refractivity (Wildman–Crippen MR) is 121 cm³/mol. The van der Waals surface area contributed by atoms with Crippen molar-refractivity contribution in [1.82, 2.24) is 9.80 Å². The lowest BCUT2D eigenvalue weighted by atomic mass is 9.99. The van der Waals surface area contributed by atoms with E-state index in [2.05, 4.69) is 18.7 Å². The highest BCUT2D eigenvalue weighted by molar-refractivity contribution is 5.68. The molecule has 1 aromatic carbocycles. The van der Waals surface area contributed by atoms with Crippen LogP contribution in [0.5, 0.6) is 0 Å². The molecule has 33 heavy (non-hydrogen) atoms. The summed E-state index contributed by atoms with van der Waals surface area (Å²) in [7, 11) is 0. The third-order valence-electron chi connectivity index (χ3n) is 4.93. The van der Waals surface area contributed by atoms with Crippen LogP contribution in [0.25, 0.3) is 0 Å². The van der Waals surface area contributed by atoms with Crippen LogP contribution < -0.4 is 0 Å². The van der Waals surface area contributed by atoms with Crippen LogP contribution in [0.4, 0.5) is 18.0 Å². The maximum Gasteiger partial charge on any atom is 0.416 e. The van der Waals surface area contributed by atoms with Gasteiger partial charge in [0.2, 0.25) is 0 Å². The van der Waals surface area contributed by atoms with Gasteiger partial charge in [-0.3, -0.25) is 9.69 Å². The van der Waals surface area contributed by atoms with Crippen molar-refractivity contribution in [3.63, 3.8) is 0 Å². The number of likely N-dealkylation sites (tertiary alicyclic amines) is 1. The molecular weight excluding hydrogens is 437 g/mol. The number of piperidine rings is 1. The van der Waals surface area contributed by atoms with Gasteiger partial charge in [-0.05, 0) is 51.2 Å². The average Bonchev–Trinajstić information content (AvgIpc) is 2.65. The fourth-order valence-electron chi connectivity index (χ4n) is 3.71. The molecule has 2 rings (SSSR count). The van der Waals surface area contributed by atoms with Gasteiger partial charge >= 0.3 is 12.3 Å². The molecule has 0 radical (unpaired) electrons. The number of carbonyl (C=O) groups excluding carboxylic acids is 1. The van der Waals surface area contributed by atoms with E-state index in [4.69, 9.17) is 14.6 Å². The Bertz CT molecular complexity index is 764. The molecule has 1 N–H and O–H groups in total. The molecule has 188 valence electrons. The highest BCUT2D eigenvalue weighted by atomic mass is 19.4. The number of carboxylic acids is 1. The quantitative estimate of drug-likeness (QED) is 0.597. The minimum absolute atomic E-state index is 0.136. The Balaban J connectivity index is 0.00000125. The molecule has 6 nitrogen and oxygen atoms in total. The normalized spacial score (nSPS) is 15.3. The van der Waals surface area contributed by atoms with Gasteiger partial charge in [-0.15, -0.1) is 0 Å². The van der Waals surface area contributed by atoms with E-state index >= 15 is 0 Å².